The minimum Gasteiger partial charge on any atom is -0.376 e. The molecule has 8 nitrogen and oxygen atoms in total. The van der Waals surface area contributed by atoms with E-state index in [2.05, 4.69) is 15.7 Å². The van der Waals surface area contributed by atoms with E-state index in [9.17, 15) is 9.59 Å². The molecule has 8 heteroatoms. The highest BCUT2D eigenvalue weighted by Gasteiger charge is 2.25. The number of nitrogens with one attached hydrogen (secondary N) is 2. The Morgan fingerprint density at radius 3 is 2.95 bits per heavy atom. The Hall–Kier alpha value is -2.09. The molecular formula is C14H23N5O3. The van der Waals surface area contributed by atoms with Gasteiger partial charge in [0.2, 0.25) is 5.91 Å². The number of aromatic nitrogens is 2. The van der Waals surface area contributed by atoms with E-state index in [1.54, 1.807) is 30.9 Å². The fraction of sp³-hybridized carbons (Fsp3) is 0.643. The minimum atomic E-state index is -0.790. The molecule has 1 aliphatic rings. The number of nitrogens with zero attached hydrogens (tertiary/aromatic N) is 2. The first-order valence-electron chi connectivity index (χ1n) is 7.35. The van der Waals surface area contributed by atoms with Gasteiger partial charge in [0.1, 0.15) is 0 Å². The van der Waals surface area contributed by atoms with Crippen molar-refractivity contribution in [2.75, 3.05) is 18.5 Å². The summed E-state index contributed by atoms with van der Waals surface area (Å²) in [6.45, 7) is 5.00. The Morgan fingerprint density at radius 2 is 2.32 bits per heavy atom. The van der Waals surface area contributed by atoms with Crippen molar-refractivity contribution in [2.24, 2.45) is 11.1 Å². The zero-order valence-corrected chi connectivity index (χ0v) is 13.0. The third-order valence-electron chi connectivity index (χ3n) is 3.66. The average Bonchev–Trinajstić information content (AvgIpc) is 3.09. The lowest BCUT2D eigenvalue weighted by Gasteiger charge is -2.20. The highest BCUT2D eigenvalue weighted by Crippen LogP contribution is 2.15. The van der Waals surface area contributed by atoms with Crippen LogP contribution in [0.5, 0.6) is 0 Å². The molecule has 2 rings (SSSR count). The second-order valence-electron chi connectivity index (χ2n) is 6.14. The normalized spacial score (nSPS) is 18.2. The van der Waals surface area contributed by atoms with E-state index in [1.165, 1.54) is 0 Å². The van der Waals surface area contributed by atoms with Crippen LogP contribution in [0.1, 0.15) is 26.7 Å². The molecule has 0 radical (unpaired) electrons. The maximum Gasteiger partial charge on any atom is 0.319 e. The van der Waals surface area contributed by atoms with Crippen molar-refractivity contribution in [2.45, 2.75) is 39.3 Å². The fourth-order valence-electron chi connectivity index (χ4n) is 2.09. The molecule has 3 amide bonds. The SMILES string of the molecule is CC(C)(CNC(=O)Nc1cnn(CC2CCCO2)c1)C(N)=O. The summed E-state index contributed by atoms with van der Waals surface area (Å²) in [6, 6.07) is -0.397. The zero-order chi connectivity index (χ0) is 16.2. The number of amides is 3. The third kappa shape index (κ3) is 4.45. The number of hydrogen-bond acceptors (Lipinski definition) is 4. The number of ether oxygens (including phenoxy) is 1. The van der Waals surface area contributed by atoms with E-state index >= 15 is 0 Å². The highest BCUT2D eigenvalue weighted by molar-refractivity contribution is 5.89. The lowest BCUT2D eigenvalue weighted by Crippen LogP contribution is -2.43. The van der Waals surface area contributed by atoms with Crippen molar-refractivity contribution >= 4 is 17.6 Å². The highest BCUT2D eigenvalue weighted by atomic mass is 16.5. The molecule has 0 aromatic carbocycles. The molecule has 1 unspecified atom stereocenters. The largest absolute Gasteiger partial charge is 0.376 e. The van der Waals surface area contributed by atoms with Crippen LogP contribution < -0.4 is 16.4 Å². The summed E-state index contributed by atoms with van der Waals surface area (Å²) >= 11 is 0. The smallest absolute Gasteiger partial charge is 0.319 e. The van der Waals surface area contributed by atoms with Crippen LogP contribution in [0, 0.1) is 5.41 Å². The first kappa shape index (κ1) is 16.3. The molecule has 4 N–H and O–H groups in total. The lowest BCUT2D eigenvalue weighted by molar-refractivity contribution is -0.125. The van der Waals surface area contributed by atoms with Crippen LogP contribution in [0.15, 0.2) is 12.4 Å². The van der Waals surface area contributed by atoms with Crippen LogP contribution in [-0.2, 0) is 16.1 Å². The van der Waals surface area contributed by atoms with Crippen LogP contribution in [0.3, 0.4) is 0 Å². The van der Waals surface area contributed by atoms with Gasteiger partial charge in [-0.05, 0) is 26.7 Å². The molecule has 1 aliphatic heterocycles. The Kier molecular flexibility index (Phi) is 5.02. The standard InChI is InChI=1S/C14H23N5O3/c1-14(2,12(15)20)9-16-13(21)18-10-6-17-19(7-10)8-11-4-3-5-22-11/h6-7,11H,3-5,8-9H2,1-2H3,(H2,15,20)(H2,16,18,21). The summed E-state index contributed by atoms with van der Waals surface area (Å²) in [5.41, 5.74) is 5.05. The maximum atomic E-state index is 11.8. The van der Waals surface area contributed by atoms with Gasteiger partial charge in [-0.15, -0.1) is 0 Å². The number of primary amides is 1. The first-order valence-corrected chi connectivity index (χ1v) is 7.35. The second-order valence-corrected chi connectivity index (χ2v) is 6.14. The quantitative estimate of drug-likeness (QED) is 0.718. The summed E-state index contributed by atoms with van der Waals surface area (Å²) < 4.78 is 7.29. The van der Waals surface area contributed by atoms with Crippen molar-refractivity contribution in [1.29, 1.82) is 0 Å². The van der Waals surface area contributed by atoms with Crippen LogP contribution in [-0.4, -0.2) is 41.0 Å². The third-order valence-corrected chi connectivity index (χ3v) is 3.66. The van der Waals surface area contributed by atoms with Gasteiger partial charge in [-0.25, -0.2) is 4.79 Å². The van der Waals surface area contributed by atoms with Gasteiger partial charge in [-0.1, -0.05) is 0 Å². The fourth-order valence-corrected chi connectivity index (χ4v) is 2.09. The van der Waals surface area contributed by atoms with E-state index in [0.29, 0.717) is 12.2 Å². The van der Waals surface area contributed by atoms with E-state index in [-0.39, 0.29) is 12.6 Å². The minimum absolute atomic E-state index is 0.165. The summed E-state index contributed by atoms with van der Waals surface area (Å²) in [5.74, 6) is -0.461. The molecule has 1 saturated heterocycles. The first-order chi connectivity index (χ1) is 10.4. The van der Waals surface area contributed by atoms with Crippen LogP contribution in [0.25, 0.3) is 0 Å². The van der Waals surface area contributed by atoms with Crippen molar-refractivity contribution in [3.8, 4) is 0 Å². The molecular weight excluding hydrogens is 286 g/mol. The van der Waals surface area contributed by atoms with Gasteiger partial charge in [-0.3, -0.25) is 9.48 Å². The Bertz CT molecular complexity index is 534. The van der Waals surface area contributed by atoms with E-state index in [1.807, 2.05) is 0 Å². The zero-order valence-electron chi connectivity index (χ0n) is 13.0. The van der Waals surface area contributed by atoms with Crippen LogP contribution in [0.4, 0.5) is 10.5 Å². The molecule has 122 valence electrons. The molecule has 2 heterocycles. The molecule has 1 fully saturated rings. The maximum absolute atomic E-state index is 11.8. The molecule has 1 atom stereocenters. The van der Waals surface area contributed by atoms with E-state index in [4.69, 9.17) is 10.5 Å². The number of carbonyl (C=O) groups excluding carboxylic acids is 2. The van der Waals surface area contributed by atoms with Gasteiger partial charge in [0.25, 0.3) is 0 Å². The van der Waals surface area contributed by atoms with Crippen molar-refractivity contribution < 1.29 is 14.3 Å². The Morgan fingerprint density at radius 1 is 1.55 bits per heavy atom. The van der Waals surface area contributed by atoms with Gasteiger partial charge in [-0.2, -0.15) is 5.10 Å². The van der Waals surface area contributed by atoms with Gasteiger partial charge in [0.15, 0.2) is 0 Å². The predicted octanol–water partition coefficient (Wildman–Crippen LogP) is 0.695. The lowest BCUT2D eigenvalue weighted by atomic mass is 9.93. The molecule has 1 aromatic rings. The Labute approximate surface area is 129 Å². The van der Waals surface area contributed by atoms with Crippen molar-refractivity contribution in [3.05, 3.63) is 12.4 Å². The number of anilines is 1. The monoisotopic (exact) mass is 309 g/mol. The molecule has 0 spiro atoms. The number of hydrogen-bond donors (Lipinski definition) is 3. The number of nitrogens with two attached hydrogens (primary N) is 1. The molecule has 0 saturated carbocycles. The Balaban J connectivity index is 1.79. The van der Waals surface area contributed by atoms with Gasteiger partial charge >= 0.3 is 6.03 Å². The summed E-state index contributed by atoms with van der Waals surface area (Å²) in [4.78, 5) is 23.0. The van der Waals surface area contributed by atoms with Crippen molar-refractivity contribution in [3.63, 3.8) is 0 Å². The summed E-state index contributed by atoms with van der Waals surface area (Å²) in [7, 11) is 0. The van der Waals surface area contributed by atoms with Gasteiger partial charge < -0.3 is 21.1 Å². The topological polar surface area (TPSA) is 111 Å². The molecule has 0 bridgehead atoms. The van der Waals surface area contributed by atoms with Crippen LogP contribution >= 0.6 is 0 Å². The van der Waals surface area contributed by atoms with E-state index in [0.717, 1.165) is 19.4 Å². The van der Waals surface area contributed by atoms with Crippen molar-refractivity contribution in [1.82, 2.24) is 15.1 Å². The number of urea groups is 1. The average molecular weight is 309 g/mol. The van der Waals surface area contributed by atoms with Crippen LogP contribution in [0.2, 0.25) is 0 Å². The van der Waals surface area contributed by atoms with Gasteiger partial charge in [0.05, 0.1) is 29.9 Å². The number of rotatable bonds is 6. The number of carbonyl (C=O) groups is 2. The summed E-state index contributed by atoms with van der Waals surface area (Å²) in [6.07, 6.45) is 5.63. The summed E-state index contributed by atoms with van der Waals surface area (Å²) in [5, 5.41) is 9.48. The van der Waals surface area contributed by atoms with Gasteiger partial charge in [0, 0.05) is 19.3 Å². The molecule has 1 aromatic heterocycles. The van der Waals surface area contributed by atoms with E-state index < -0.39 is 17.4 Å². The molecule has 0 aliphatic carbocycles. The predicted molar refractivity (Wildman–Crippen MR) is 81.2 cm³/mol. The second kappa shape index (κ2) is 6.78. The molecule has 22 heavy (non-hydrogen) atoms.